The number of amides is 1. The minimum absolute atomic E-state index is 0.165. The van der Waals surface area contributed by atoms with Crippen molar-refractivity contribution < 1.29 is 9.90 Å². The molecule has 1 aliphatic heterocycles. The van der Waals surface area contributed by atoms with Crippen molar-refractivity contribution in [2.75, 3.05) is 38.7 Å². The molecule has 0 radical (unpaired) electrons. The molecular formula is C14H21N3O2. The Morgan fingerprint density at radius 1 is 1.47 bits per heavy atom. The Bertz CT molecular complexity index is 440. The maximum atomic E-state index is 11.4. The lowest BCUT2D eigenvalue weighted by molar-refractivity contribution is -0.135. The second-order valence-corrected chi connectivity index (χ2v) is 5.15. The molecule has 2 rings (SSSR count). The number of pyridine rings is 1. The van der Waals surface area contributed by atoms with Crippen LogP contribution >= 0.6 is 0 Å². The van der Waals surface area contributed by atoms with Crippen molar-refractivity contribution in [1.29, 1.82) is 0 Å². The fourth-order valence-electron chi connectivity index (χ4n) is 2.49. The molecule has 19 heavy (non-hydrogen) atoms. The Balaban J connectivity index is 2.01. The Labute approximate surface area is 113 Å². The maximum Gasteiger partial charge on any atom is 0.248 e. The largest absolute Gasteiger partial charge is 0.387 e. The van der Waals surface area contributed by atoms with Gasteiger partial charge in [-0.25, -0.2) is 4.98 Å². The van der Waals surface area contributed by atoms with E-state index in [0.717, 1.165) is 31.7 Å². The number of likely N-dealkylation sites (tertiary alicyclic amines) is 1. The number of rotatable bonds is 3. The summed E-state index contributed by atoms with van der Waals surface area (Å²) in [5, 5.41) is 8.86. The van der Waals surface area contributed by atoms with Gasteiger partial charge >= 0.3 is 0 Å². The van der Waals surface area contributed by atoms with Gasteiger partial charge in [-0.15, -0.1) is 0 Å². The summed E-state index contributed by atoms with van der Waals surface area (Å²) in [6.07, 6.45) is 3.74. The summed E-state index contributed by atoms with van der Waals surface area (Å²) in [5.74, 6) is 1.28. The van der Waals surface area contributed by atoms with E-state index in [0.29, 0.717) is 5.92 Å². The highest BCUT2D eigenvalue weighted by Crippen LogP contribution is 2.29. The molecule has 0 aliphatic carbocycles. The number of piperidine rings is 1. The van der Waals surface area contributed by atoms with Gasteiger partial charge < -0.3 is 14.9 Å². The molecule has 0 atom stereocenters. The van der Waals surface area contributed by atoms with Crippen LogP contribution in [0.3, 0.4) is 0 Å². The number of hydrogen-bond donors (Lipinski definition) is 1. The summed E-state index contributed by atoms with van der Waals surface area (Å²) >= 11 is 0. The summed E-state index contributed by atoms with van der Waals surface area (Å²) < 4.78 is 0. The van der Waals surface area contributed by atoms with E-state index in [-0.39, 0.29) is 12.5 Å². The summed E-state index contributed by atoms with van der Waals surface area (Å²) in [5.41, 5.74) is 1.29. The highest BCUT2D eigenvalue weighted by molar-refractivity contribution is 5.77. The molecule has 1 saturated heterocycles. The molecule has 0 bridgehead atoms. The molecular weight excluding hydrogens is 242 g/mol. The normalized spacial score (nSPS) is 16.5. The van der Waals surface area contributed by atoms with Gasteiger partial charge in [0.15, 0.2) is 0 Å². The number of aliphatic hydroxyl groups is 1. The molecule has 1 aromatic heterocycles. The van der Waals surface area contributed by atoms with Crippen molar-refractivity contribution in [3.05, 3.63) is 23.9 Å². The van der Waals surface area contributed by atoms with Crippen LogP contribution in [0.4, 0.5) is 5.82 Å². The molecule has 5 nitrogen and oxygen atoms in total. The lowest BCUT2D eigenvalue weighted by atomic mass is 9.90. The Morgan fingerprint density at radius 2 is 2.16 bits per heavy atom. The van der Waals surface area contributed by atoms with Crippen LogP contribution in [0.5, 0.6) is 0 Å². The molecule has 1 fully saturated rings. The van der Waals surface area contributed by atoms with Crippen molar-refractivity contribution in [2.24, 2.45) is 0 Å². The van der Waals surface area contributed by atoms with Crippen molar-refractivity contribution in [1.82, 2.24) is 9.88 Å². The van der Waals surface area contributed by atoms with E-state index in [4.69, 9.17) is 5.11 Å². The molecule has 0 saturated carbocycles. The maximum absolute atomic E-state index is 11.4. The highest BCUT2D eigenvalue weighted by atomic mass is 16.3. The van der Waals surface area contributed by atoms with Crippen LogP contribution in [0.15, 0.2) is 18.3 Å². The van der Waals surface area contributed by atoms with E-state index in [1.807, 2.05) is 25.2 Å². The second kappa shape index (κ2) is 6.02. The predicted molar refractivity (Wildman–Crippen MR) is 74.2 cm³/mol. The second-order valence-electron chi connectivity index (χ2n) is 5.15. The van der Waals surface area contributed by atoms with Crippen molar-refractivity contribution >= 4 is 11.7 Å². The fourth-order valence-corrected chi connectivity index (χ4v) is 2.49. The molecule has 1 aliphatic rings. The van der Waals surface area contributed by atoms with Crippen LogP contribution in [-0.4, -0.2) is 54.7 Å². The van der Waals surface area contributed by atoms with Gasteiger partial charge in [-0.2, -0.15) is 0 Å². The average molecular weight is 263 g/mol. The minimum Gasteiger partial charge on any atom is -0.387 e. The number of nitrogens with zero attached hydrogens (tertiary/aromatic N) is 3. The zero-order valence-corrected chi connectivity index (χ0v) is 11.5. The van der Waals surface area contributed by atoms with Gasteiger partial charge in [-0.05, 0) is 36.5 Å². The van der Waals surface area contributed by atoms with Crippen molar-refractivity contribution in [3.63, 3.8) is 0 Å². The Morgan fingerprint density at radius 3 is 2.74 bits per heavy atom. The van der Waals surface area contributed by atoms with Gasteiger partial charge in [-0.1, -0.05) is 0 Å². The third-order valence-corrected chi connectivity index (χ3v) is 3.68. The number of carbonyl (C=O) groups is 1. The Hall–Kier alpha value is -1.62. The summed E-state index contributed by atoms with van der Waals surface area (Å²) in [6, 6.07) is 4.18. The van der Waals surface area contributed by atoms with Gasteiger partial charge in [0, 0.05) is 33.4 Å². The predicted octanol–water partition coefficient (Wildman–Crippen LogP) is 0.846. The van der Waals surface area contributed by atoms with Crippen LogP contribution in [0.25, 0.3) is 0 Å². The zero-order valence-electron chi connectivity index (χ0n) is 11.5. The molecule has 0 unspecified atom stereocenters. The standard InChI is InChI=1S/C14H21N3O2/c1-16(2)13-9-12(3-6-15-13)11-4-7-17(8-5-11)14(19)10-18/h3,6,9,11,18H,4-5,7-8,10H2,1-2H3. The lowest BCUT2D eigenvalue weighted by Gasteiger charge is -2.32. The molecule has 104 valence electrons. The first-order valence-corrected chi connectivity index (χ1v) is 6.63. The van der Waals surface area contributed by atoms with Gasteiger partial charge in [-0.3, -0.25) is 4.79 Å². The summed E-state index contributed by atoms with van der Waals surface area (Å²) in [7, 11) is 3.96. The van der Waals surface area contributed by atoms with Crippen molar-refractivity contribution in [2.45, 2.75) is 18.8 Å². The van der Waals surface area contributed by atoms with Crippen LogP contribution in [0.1, 0.15) is 24.3 Å². The first kappa shape index (κ1) is 13.8. The first-order valence-electron chi connectivity index (χ1n) is 6.63. The van der Waals surface area contributed by atoms with Gasteiger partial charge in [0.25, 0.3) is 0 Å². The van der Waals surface area contributed by atoms with Crippen LogP contribution in [-0.2, 0) is 4.79 Å². The summed E-state index contributed by atoms with van der Waals surface area (Å²) in [4.78, 5) is 19.5. The van der Waals surface area contributed by atoms with Crippen LogP contribution in [0.2, 0.25) is 0 Å². The third kappa shape index (κ3) is 3.23. The third-order valence-electron chi connectivity index (χ3n) is 3.68. The van der Waals surface area contributed by atoms with E-state index >= 15 is 0 Å². The van der Waals surface area contributed by atoms with Crippen LogP contribution in [0, 0.1) is 0 Å². The minimum atomic E-state index is -0.384. The number of anilines is 1. The SMILES string of the molecule is CN(C)c1cc(C2CCN(C(=O)CO)CC2)ccn1. The smallest absolute Gasteiger partial charge is 0.248 e. The lowest BCUT2D eigenvalue weighted by Crippen LogP contribution is -2.39. The highest BCUT2D eigenvalue weighted by Gasteiger charge is 2.23. The zero-order chi connectivity index (χ0) is 13.8. The molecule has 1 N–H and O–H groups in total. The van der Waals surface area contributed by atoms with Gasteiger partial charge in [0.1, 0.15) is 12.4 Å². The van der Waals surface area contributed by atoms with Crippen molar-refractivity contribution in [3.8, 4) is 0 Å². The number of aromatic nitrogens is 1. The van der Waals surface area contributed by atoms with Gasteiger partial charge in [0.05, 0.1) is 0 Å². The monoisotopic (exact) mass is 263 g/mol. The number of hydrogen-bond acceptors (Lipinski definition) is 4. The summed E-state index contributed by atoms with van der Waals surface area (Å²) in [6.45, 7) is 1.07. The van der Waals surface area contributed by atoms with Crippen LogP contribution < -0.4 is 4.90 Å². The molecule has 2 heterocycles. The van der Waals surface area contributed by atoms with E-state index in [2.05, 4.69) is 17.1 Å². The van der Waals surface area contributed by atoms with E-state index in [1.165, 1.54) is 5.56 Å². The molecule has 0 spiro atoms. The molecule has 1 aromatic rings. The molecule has 1 amide bonds. The number of carbonyl (C=O) groups excluding carboxylic acids is 1. The van der Waals surface area contributed by atoms with E-state index in [9.17, 15) is 4.79 Å². The Kier molecular flexibility index (Phi) is 4.37. The van der Waals surface area contributed by atoms with E-state index in [1.54, 1.807) is 4.90 Å². The average Bonchev–Trinajstić information content (AvgIpc) is 2.46. The van der Waals surface area contributed by atoms with Gasteiger partial charge in [0.2, 0.25) is 5.91 Å². The quantitative estimate of drug-likeness (QED) is 0.878. The topological polar surface area (TPSA) is 56.7 Å². The molecule has 5 heteroatoms. The van der Waals surface area contributed by atoms with E-state index < -0.39 is 0 Å². The fraction of sp³-hybridized carbons (Fsp3) is 0.571. The molecule has 0 aromatic carbocycles. The number of aliphatic hydroxyl groups excluding tert-OH is 1. The first-order chi connectivity index (χ1) is 9.11.